The lowest BCUT2D eigenvalue weighted by Gasteiger charge is -2.21. The second-order valence-corrected chi connectivity index (χ2v) is 9.16. The van der Waals surface area contributed by atoms with Gasteiger partial charge in [0, 0.05) is 23.4 Å². The summed E-state index contributed by atoms with van der Waals surface area (Å²) < 4.78 is 16.6. The second kappa shape index (κ2) is 8.77. The monoisotopic (exact) mass is 451 g/mol. The van der Waals surface area contributed by atoms with Crippen molar-refractivity contribution in [1.29, 1.82) is 0 Å². The maximum Gasteiger partial charge on any atom is 0.266 e. The number of nitrogens with zero attached hydrogens (tertiary/aromatic N) is 3. The van der Waals surface area contributed by atoms with Crippen LogP contribution in [0.15, 0.2) is 59.6 Å². The molecule has 1 saturated heterocycles. The standard InChI is InChI=1S/C24H22FN3OS2/c1-4-16(3)28-23(29)21(31-24(28)30)13-18-14-27(19-8-6-5-7-9-19)26-22(18)17-11-10-15(2)20(25)12-17/h5-14,16H,4H2,1-3H3. The van der Waals surface area contributed by atoms with Crippen molar-refractivity contribution in [1.82, 2.24) is 14.7 Å². The van der Waals surface area contributed by atoms with Gasteiger partial charge in [0.05, 0.1) is 10.6 Å². The van der Waals surface area contributed by atoms with Gasteiger partial charge in [-0.05, 0) is 50.1 Å². The first-order valence-corrected chi connectivity index (χ1v) is 11.3. The number of para-hydroxylation sites is 1. The van der Waals surface area contributed by atoms with Crippen LogP contribution in [0.25, 0.3) is 23.0 Å². The van der Waals surface area contributed by atoms with Gasteiger partial charge in [0.1, 0.15) is 15.8 Å². The number of amides is 1. The molecule has 2 aromatic carbocycles. The lowest BCUT2D eigenvalue weighted by Crippen LogP contribution is -2.36. The van der Waals surface area contributed by atoms with Gasteiger partial charge in [0.2, 0.25) is 0 Å². The molecule has 4 nitrogen and oxygen atoms in total. The number of thioether (sulfide) groups is 1. The van der Waals surface area contributed by atoms with Crippen molar-refractivity contribution in [3.05, 3.63) is 76.6 Å². The minimum Gasteiger partial charge on any atom is -0.290 e. The predicted molar refractivity (Wildman–Crippen MR) is 128 cm³/mol. The third-order valence-corrected chi connectivity index (χ3v) is 6.68. The molecule has 4 rings (SSSR count). The zero-order valence-electron chi connectivity index (χ0n) is 17.5. The Bertz CT molecular complexity index is 1190. The third-order valence-electron chi connectivity index (χ3n) is 5.35. The highest BCUT2D eigenvalue weighted by molar-refractivity contribution is 8.26. The van der Waals surface area contributed by atoms with E-state index in [0.717, 1.165) is 17.7 Å². The minimum atomic E-state index is -0.291. The molecule has 1 atom stereocenters. The quantitative estimate of drug-likeness (QED) is 0.353. The number of carbonyl (C=O) groups is 1. The lowest BCUT2D eigenvalue weighted by molar-refractivity contribution is -0.123. The van der Waals surface area contributed by atoms with Gasteiger partial charge >= 0.3 is 0 Å². The number of aryl methyl sites for hydroxylation is 1. The zero-order valence-corrected chi connectivity index (χ0v) is 19.1. The number of thiocarbonyl (C=S) groups is 1. The van der Waals surface area contributed by atoms with E-state index >= 15 is 0 Å². The molecule has 3 aromatic rings. The van der Waals surface area contributed by atoms with E-state index in [0.29, 0.717) is 26.0 Å². The van der Waals surface area contributed by atoms with Crippen LogP contribution in [0.3, 0.4) is 0 Å². The summed E-state index contributed by atoms with van der Waals surface area (Å²) in [6, 6.07) is 14.8. The maximum absolute atomic E-state index is 14.3. The summed E-state index contributed by atoms with van der Waals surface area (Å²) in [5.41, 5.74) is 3.44. The van der Waals surface area contributed by atoms with Gasteiger partial charge in [-0.1, -0.05) is 61.2 Å². The molecule has 0 radical (unpaired) electrons. The van der Waals surface area contributed by atoms with Crippen molar-refractivity contribution in [2.24, 2.45) is 0 Å². The number of hydrogen-bond acceptors (Lipinski definition) is 4. The van der Waals surface area contributed by atoms with E-state index in [2.05, 4.69) is 0 Å². The summed E-state index contributed by atoms with van der Waals surface area (Å²) >= 11 is 6.74. The molecule has 31 heavy (non-hydrogen) atoms. The molecule has 0 spiro atoms. The summed E-state index contributed by atoms with van der Waals surface area (Å²) in [5, 5.41) is 4.72. The molecule has 1 aromatic heterocycles. The highest BCUT2D eigenvalue weighted by Gasteiger charge is 2.35. The van der Waals surface area contributed by atoms with Crippen molar-refractivity contribution in [3.8, 4) is 16.9 Å². The molecule has 1 fully saturated rings. The normalized spacial score (nSPS) is 16.4. The fourth-order valence-corrected chi connectivity index (χ4v) is 4.81. The highest BCUT2D eigenvalue weighted by atomic mass is 32.2. The van der Waals surface area contributed by atoms with E-state index in [9.17, 15) is 9.18 Å². The summed E-state index contributed by atoms with van der Waals surface area (Å²) in [6.07, 6.45) is 4.49. The van der Waals surface area contributed by atoms with Gasteiger partial charge in [-0.3, -0.25) is 9.69 Å². The molecule has 1 unspecified atom stereocenters. The Morgan fingerprint density at radius 2 is 1.97 bits per heavy atom. The summed E-state index contributed by atoms with van der Waals surface area (Å²) in [6.45, 7) is 5.74. The average Bonchev–Trinajstić information content (AvgIpc) is 3.31. The Balaban J connectivity index is 1.82. The van der Waals surface area contributed by atoms with Gasteiger partial charge < -0.3 is 0 Å². The van der Waals surface area contributed by atoms with Crippen LogP contribution in [0, 0.1) is 12.7 Å². The van der Waals surface area contributed by atoms with Gasteiger partial charge in [-0.25, -0.2) is 9.07 Å². The van der Waals surface area contributed by atoms with E-state index in [1.54, 1.807) is 28.6 Å². The molecule has 158 valence electrons. The highest BCUT2D eigenvalue weighted by Crippen LogP contribution is 2.36. The van der Waals surface area contributed by atoms with E-state index in [1.807, 2.05) is 56.4 Å². The molecule has 7 heteroatoms. The van der Waals surface area contributed by atoms with Crippen molar-refractivity contribution in [2.45, 2.75) is 33.2 Å². The Kier molecular flexibility index (Phi) is 6.07. The Morgan fingerprint density at radius 1 is 1.23 bits per heavy atom. The van der Waals surface area contributed by atoms with Gasteiger partial charge in [-0.15, -0.1) is 0 Å². The number of carbonyl (C=O) groups excluding carboxylic acids is 1. The Hall–Kier alpha value is -2.77. The number of benzene rings is 2. The van der Waals surface area contributed by atoms with Crippen molar-refractivity contribution < 1.29 is 9.18 Å². The smallest absolute Gasteiger partial charge is 0.266 e. The number of halogens is 1. The average molecular weight is 452 g/mol. The molecule has 0 N–H and O–H groups in total. The maximum atomic E-state index is 14.3. The summed E-state index contributed by atoms with van der Waals surface area (Å²) in [4.78, 5) is 15.2. The van der Waals surface area contributed by atoms with Crippen LogP contribution < -0.4 is 0 Å². The molecule has 1 amide bonds. The van der Waals surface area contributed by atoms with Crippen LogP contribution in [0.4, 0.5) is 4.39 Å². The van der Waals surface area contributed by atoms with Crippen LogP contribution in [0.2, 0.25) is 0 Å². The van der Waals surface area contributed by atoms with Crippen molar-refractivity contribution in [3.63, 3.8) is 0 Å². The van der Waals surface area contributed by atoms with Gasteiger partial charge in [0.25, 0.3) is 5.91 Å². The molecule has 0 saturated carbocycles. The van der Waals surface area contributed by atoms with Gasteiger partial charge in [0.15, 0.2) is 0 Å². The topological polar surface area (TPSA) is 38.1 Å². The third kappa shape index (κ3) is 4.20. The van der Waals surface area contributed by atoms with Crippen molar-refractivity contribution >= 4 is 40.3 Å². The van der Waals surface area contributed by atoms with E-state index in [1.165, 1.54) is 17.8 Å². The van der Waals surface area contributed by atoms with E-state index < -0.39 is 0 Å². The molecular formula is C24H22FN3OS2. The van der Waals surface area contributed by atoms with E-state index in [-0.39, 0.29) is 17.8 Å². The molecular weight excluding hydrogens is 429 g/mol. The molecule has 0 bridgehead atoms. The predicted octanol–water partition coefficient (Wildman–Crippen LogP) is 5.99. The van der Waals surface area contributed by atoms with Crippen LogP contribution in [-0.2, 0) is 4.79 Å². The Labute approximate surface area is 190 Å². The van der Waals surface area contributed by atoms with Crippen molar-refractivity contribution in [2.75, 3.05) is 0 Å². The molecule has 1 aliphatic heterocycles. The molecule has 2 heterocycles. The van der Waals surface area contributed by atoms with Crippen LogP contribution in [-0.4, -0.2) is 30.9 Å². The van der Waals surface area contributed by atoms with Gasteiger partial charge in [-0.2, -0.15) is 5.10 Å². The van der Waals surface area contributed by atoms with Crippen LogP contribution in [0.5, 0.6) is 0 Å². The molecule has 1 aliphatic rings. The molecule has 0 aliphatic carbocycles. The zero-order chi connectivity index (χ0) is 22.1. The lowest BCUT2D eigenvalue weighted by atomic mass is 10.1. The summed E-state index contributed by atoms with van der Waals surface area (Å²) in [7, 11) is 0. The fraction of sp³-hybridized carbons (Fsp3) is 0.208. The first-order chi connectivity index (χ1) is 14.9. The summed E-state index contributed by atoms with van der Waals surface area (Å²) in [5.74, 6) is -0.390. The Morgan fingerprint density at radius 3 is 2.65 bits per heavy atom. The first-order valence-electron chi connectivity index (χ1n) is 10.1. The SMILES string of the molecule is CCC(C)N1C(=O)C(=Cc2cn(-c3ccccc3)nc2-c2ccc(C)c(F)c2)SC1=S. The number of rotatable bonds is 5. The second-order valence-electron chi connectivity index (χ2n) is 7.49. The first kappa shape index (κ1) is 21.5. The van der Waals surface area contributed by atoms with E-state index in [4.69, 9.17) is 17.3 Å². The number of hydrogen-bond donors (Lipinski definition) is 0. The minimum absolute atomic E-state index is 0.0381. The number of aromatic nitrogens is 2. The fourth-order valence-electron chi connectivity index (χ4n) is 3.35. The van der Waals surface area contributed by atoms with Crippen LogP contribution >= 0.6 is 24.0 Å². The largest absolute Gasteiger partial charge is 0.290 e. The van der Waals surface area contributed by atoms with Crippen LogP contribution in [0.1, 0.15) is 31.4 Å².